The zero-order valence-corrected chi connectivity index (χ0v) is 28.4. The molecule has 0 radical (unpaired) electrons. The van der Waals surface area contributed by atoms with Gasteiger partial charge < -0.3 is 21.5 Å². The first-order chi connectivity index (χ1) is 23.6. The summed E-state index contributed by atoms with van der Waals surface area (Å²) in [4.78, 5) is 31.7. The Kier molecular flexibility index (Phi) is 11.5. The minimum Gasteiger partial charge on any atom is -0.398 e. The van der Waals surface area contributed by atoms with Crippen LogP contribution in [0.25, 0.3) is 5.57 Å². The Hall–Kier alpha value is -4.93. The first-order valence-electron chi connectivity index (χ1n) is 16.2. The molecule has 5 rings (SSSR count). The summed E-state index contributed by atoms with van der Waals surface area (Å²) in [6.07, 6.45) is 5.85. The second-order valence-electron chi connectivity index (χ2n) is 12.1. The van der Waals surface area contributed by atoms with Gasteiger partial charge in [0.25, 0.3) is 0 Å². The van der Waals surface area contributed by atoms with Crippen LogP contribution in [0.15, 0.2) is 70.8 Å². The minimum atomic E-state index is -0.650. The number of aliphatic hydroxyl groups excluding tert-OH is 1. The number of nitrogens with two attached hydrogens (primary N) is 2. The lowest BCUT2D eigenvalue weighted by atomic mass is 9.98. The summed E-state index contributed by atoms with van der Waals surface area (Å²) in [5.41, 5.74) is 17.5. The summed E-state index contributed by atoms with van der Waals surface area (Å²) in [5, 5.41) is 29.2. The molecule has 13 heteroatoms. The molecule has 2 aliphatic rings. The predicted octanol–water partition coefficient (Wildman–Crippen LogP) is 3.75. The lowest BCUT2D eigenvalue weighted by Crippen LogP contribution is -2.45. The molecule has 6 N–H and O–H groups in total. The van der Waals surface area contributed by atoms with Crippen LogP contribution < -0.4 is 16.4 Å². The van der Waals surface area contributed by atoms with Gasteiger partial charge in [0, 0.05) is 74.0 Å². The number of carbonyl (C=O) groups is 1. The number of pyridine rings is 1. The number of likely N-dealkylation sites (tertiary alicyclic amines) is 1. The van der Waals surface area contributed by atoms with Crippen LogP contribution in [0.3, 0.4) is 0 Å². The number of carbonyl (C=O) groups excluding carboxylic acids is 1. The molecule has 1 amide bonds. The van der Waals surface area contributed by atoms with Crippen LogP contribution in [-0.4, -0.2) is 96.2 Å². The maximum atomic E-state index is 13.8. The average molecular weight is 681 g/mol. The summed E-state index contributed by atoms with van der Waals surface area (Å²) in [5.74, 6) is 0.185. The van der Waals surface area contributed by atoms with Gasteiger partial charge in [-0.3, -0.25) is 25.0 Å². The van der Waals surface area contributed by atoms with E-state index >= 15 is 0 Å². The van der Waals surface area contributed by atoms with Gasteiger partial charge in [-0.25, -0.2) is 9.98 Å². The van der Waals surface area contributed by atoms with Crippen molar-refractivity contribution in [3.63, 3.8) is 0 Å². The summed E-state index contributed by atoms with van der Waals surface area (Å²) in [6, 6.07) is 16.6. The van der Waals surface area contributed by atoms with E-state index in [-0.39, 0.29) is 28.3 Å². The molecule has 1 aromatic heterocycles. The molecule has 3 aromatic rings. The van der Waals surface area contributed by atoms with E-state index in [0.717, 1.165) is 24.1 Å². The van der Waals surface area contributed by atoms with E-state index in [1.165, 1.54) is 24.2 Å². The molecule has 2 aliphatic heterocycles. The van der Waals surface area contributed by atoms with E-state index in [4.69, 9.17) is 33.7 Å². The maximum absolute atomic E-state index is 13.8. The van der Waals surface area contributed by atoms with Crippen LogP contribution in [0.4, 0.5) is 11.4 Å². The summed E-state index contributed by atoms with van der Waals surface area (Å²) >= 11 is 6.16. The van der Waals surface area contributed by atoms with Gasteiger partial charge in [0.2, 0.25) is 5.91 Å². The Morgan fingerprint density at radius 1 is 1.24 bits per heavy atom. The van der Waals surface area contributed by atoms with Crippen molar-refractivity contribution < 1.29 is 9.90 Å². The largest absolute Gasteiger partial charge is 0.398 e. The second-order valence-corrected chi connectivity index (χ2v) is 12.5. The van der Waals surface area contributed by atoms with E-state index in [1.54, 1.807) is 30.1 Å². The van der Waals surface area contributed by atoms with Crippen molar-refractivity contribution in [3.05, 3.63) is 93.8 Å². The van der Waals surface area contributed by atoms with E-state index < -0.39 is 6.23 Å². The fraction of sp³-hybridized carbons (Fsp3) is 0.333. The van der Waals surface area contributed by atoms with Gasteiger partial charge >= 0.3 is 0 Å². The zero-order valence-electron chi connectivity index (χ0n) is 27.7. The van der Waals surface area contributed by atoms with Crippen molar-refractivity contribution >= 4 is 52.3 Å². The molecule has 254 valence electrons. The summed E-state index contributed by atoms with van der Waals surface area (Å²) in [6.45, 7) is 5.44. The van der Waals surface area contributed by atoms with Crippen LogP contribution >= 0.6 is 11.6 Å². The molecule has 0 aliphatic carbocycles. The number of aromatic nitrogens is 1. The van der Waals surface area contributed by atoms with Crippen LogP contribution in [0.2, 0.25) is 5.02 Å². The lowest BCUT2D eigenvalue weighted by Gasteiger charge is -2.33. The lowest BCUT2D eigenvalue weighted by molar-refractivity contribution is -0.122. The SMILES string of the molecule is CCN(C(=O)[C@@H]1CCN(CC(O)N2CC=C(c3ccc(C(N)=NC=NC)cc3)CC2)C1)c1ccc(N)c(C(=N)c2cnc(C#N)c(Cl)c2)c1. The van der Waals surface area contributed by atoms with Crippen molar-refractivity contribution in [1.82, 2.24) is 14.8 Å². The number of hydrogen-bond donors (Lipinski definition) is 4. The highest BCUT2D eigenvalue weighted by Crippen LogP contribution is 2.29. The Balaban J connectivity index is 1.17. The van der Waals surface area contributed by atoms with Crippen LogP contribution in [0.1, 0.15) is 47.7 Å². The molecule has 0 bridgehead atoms. The molecule has 3 heterocycles. The Bertz CT molecular complexity index is 1830. The fourth-order valence-corrected chi connectivity index (χ4v) is 6.45. The van der Waals surface area contributed by atoms with Crippen LogP contribution in [0.5, 0.6) is 0 Å². The number of β-amino-alcohol motifs (C(OH)–C–C–N with tert-alkyl or cyclic N) is 1. The van der Waals surface area contributed by atoms with Gasteiger partial charge in [-0.15, -0.1) is 0 Å². The molecular formula is C36H41ClN10O2. The van der Waals surface area contributed by atoms with Gasteiger partial charge in [0.05, 0.1) is 16.7 Å². The number of benzene rings is 2. The predicted molar refractivity (Wildman–Crippen MR) is 195 cm³/mol. The van der Waals surface area contributed by atoms with Crippen molar-refractivity contribution in [3.8, 4) is 6.07 Å². The molecule has 1 saturated heterocycles. The number of aliphatic hydroxyl groups is 1. The highest BCUT2D eigenvalue weighted by atomic mass is 35.5. The number of amidine groups is 1. The number of rotatable bonds is 11. The van der Waals surface area contributed by atoms with Crippen molar-refractivity contribution in [1.29, 1.82) is 10.7 Å². The maximum Gasteiger partial charge on any atom is 0.231 e. The highest BCUT2D eigenvalue weighted by Gasteiger charge is 2.33. The van der Waals surface area contributed by atoms with E-state index in [9.17, 15) is 9.90 Å². The monoisotopic (exact) mass is 680 g/mol. The number of anilines is 2. The van der Waals surface area contributed by atoms with Crippen molar-refractivity contribution in [2.75, 3.05) is 56.9 Å². The number of nitrogens with zero attached hydrogens (tertiary/aromatic N) is 7. The molecule has 1 unspecified atom stereocenters. The van der Waals surface area contributed by atoms with Crippen LogP contribution in [-0.2, 0) is 4.79 Å². The van der Waals surface area contributed by atoms with Gasteiger partial charge in [-0.1, -0.05) is 41.9 Å². The minimum absolute atomic E-state index is 0.00656. The molecule has 1 fully saturated rings. The van der Waals surface area contributed by atoms with Gasteiger partial charge in [0.1, 0.15) is 24.5 Å². The molecule has 49 heavy (non-hydrogen) atoms. The average Bonchev–Trinajstić information content (AvgIpc) is 3.59. The standard InChI is InChI=1S/C36H41ClN10O2/c1-3-47(28-8-9-31(39)29(17-28)34(40)27-16-30(37)32(18-38)43-19-27)36(49)26-10-13-45(20-26)21-33(48)46-14-11-24(12-15-46)23-4-6-25(7-5-23)35(41)44-22-42-2/h4-9,11,16-17,19,22,26,33,40,48H,3,10,12-15,20-21,39H2,1-2H3,(H2,41,42,44)/t26-,33?/m1/s1. The highest BCUT2D eigenvalue weighted by molar-refractivity contribution is 6.32. The molecular weight excluding hydrogens is 640 g/mol. The normalized spacial score (nSPS) is 17.9. The Morgan fingerprint density at radius 3 is 2.67 bits per heavy atom. The molecule has 2 atom stereocenters. The smallest absolute Gasteiger partial charge is 0.231 e. The third-order valence-corrected chi connectivity index (χ3v) is 9.29. The third kappa shape index (κ3) is 8.21. The number of nitrogen functional groups attached to an aromatic ring is 1. The Labute approximate surface area is 291 Å². The van der Waals surface area contributed by atoms with Gasteiger partial charge in [-0.05, 0) is 61.7 Å². The molecule has 2 aromatic carbocycles. The quantitative estimate of drug-likeness (QED) is 0.134. The molecule has 0 saturated carbocycles. The number of aliphatic imine (C=N–C) groups is 2. The van der Waals surface area contributed by atoms with E-state index in [1.807, 2.05) is 37.3 Å². The van der Waals surface area contributed by atoms with E-state index in [0.29, 0.717) is 67.5 Å². The van der Waals surface area contributed by atoms with Gasteiger partial charge in [0.15, 0.2) is 5.69 Å². The summed E-state index contributed by atoms with van der Waals surface area (Å²) < 4.78 is 0. The van der Waals surface area contributed by atoms with Crippen molar-refractivity contribution in [2.24, 2.45) is 21.6 Å². The van der Waals surface area contributed by atoms with Crippen molar-refractivity contribution in [2.45, 2.75) is 26.0 Å². The second kappa shape index (κ2) is 16.0. The first-order valence-corrected chi connectivity index (χ1v) is 16.5. The zero-order chi connectivity index (χ0) is 35.1. The first kappa shape index (κ1) is 35.4. The number of nitriles is 1. The molecule has 0 spiro atoms. The van der Waals surface area contributed by atoms with E-state index in [2.05, 4.69) is 30.8 Å². The summed E-state index contributed by atoms with van der Waals surface area (Å²) in [7, 11) is 1.64. The number of halogens is 1. The third-order valence-electron chi connectivity index (χ3n) is 9.00. The topological polar surface area (TPSA) is 184 Å². The Morgan fingerprint density at radius 2 is 2.02 bits per heavy atom. The molecule has 12 nitrogen and oxygen atoms in total. The van der Waals surface area contributed by atoms with Crippen LogP contribution in [0, 0.1) is 22.7 Å². The van der Waals surface area contributed by atoms with Gasteiger partial charge in [-0.2, -0.15) is 5.26 Å². The number of hydrogen-bond acceptors (Lipinski definition) is 9. The fourth-order valence-electron chi connectivity index (χ4n) is 6.24. The number of amides is 1. The number of nitrogens with one attached hydrogen (secondary N) is 1.